The van der Waals surface area contributed by atoms with Crippen molar-refractivity contribution in [3.63, 3.8) is 0 Å². The fourth-order valence-electron chi connectivity index (χ4n) is 4.01. The normalized spacial score (nSPS) is 13.5. The number of piperidine rings is 1. The fraction of sp³-hybridized carbons (Fsp3) is 0.214. The van der Waals surface area contributed by atoms with Crippen LogP contribution in [0, 0.1) is 0 Å². The molecule has 1 aromatic heterocycles. The van der Waals surface area contributed by atoms with Crippen LogP contribution in [0.3, 0.4) is 0 Å². The van der Waals surface area contributed by atoms with Crippen molar-refractivity contribution in [3.05, 3.63) is 94.0 Å². The van der Waals surface area contributed by atoms with E-state index in [9.17, 15) is 0 Å². The maximum absolute atomic E-state index is 6.25. The Hall–Kier alpha value is -3.88. The van der Waals surface area contributed by atoms with Crippen LogP contribution >= 0.6 is 23.2 Å². The van der Waals surface area contributed by atoms with Gasteiger partial charge < -0.3 is 15.0 Å². The second kappa shape index (κ2) is 12.6. The van der Waals surface area contributed by atoms with Crippen LogP contribution in [-0.2, 0) is 6.61 Å². The summed E-state index contributed by atoms with van der Waals surface area (Å²) in [6, 6.07) is 22.8. The molecule has 3 aromatic carbocycles. The Morgan fingerprint density at radius 3 is 2.50 bits per heavy atom. The van der Waals surface area contributed by atoms with E-state index >= 15 is 0 Å². The smallest absolute Gasteiger partial charge is 0.250 e. The fourth-order valence-corrected chi connectivity index (χ4v) is 4.47. The molecule has 2 N–H and O–H groups in total. The van der Waals surface area contributed by atoms with Crippen molar-refractivity contribution in [3.8, 4) is 5.75 Å². The Morgan fingerprint density at radius 1 is 0.868 bits per heavy atom. The maximum atomic E-state index is 6.25. The van der Waals surface area contributed by atoms with Gasteiger partial charge in [-0.2, -0.15) is 20.1 Å². The molecule has 1 aliphatic heterocycles. The average Bonchev–Trinajstić information content (AvgIpc) is 2.94. The number of halogens is 2. The number of anilines is 4. The molecule has 2 heterocycles. The summed E-state index contributed by atoms with van der Waals surface area (Å²) in [5, 5.41) is 8.79. The number of para-hydroxylation sites is 1. The molecular weight excluding hydrogens is 521 g/mol. The number of hydrogen-bond donors (Lipinski definition) is 2. The highest BCUT2D eigenvalue weighted by Crippen LogP contribution is 2.23. The standard InChI is InChI=1S/C28H27Cl2N7O/c29-22-13-12-21(25(30)17-22)19-38-24-11-7-8-20(16-24)18-31-36-27-33-26(32-23-9-3-1-4-10-23)34-28(35-27)37-14-5-2-6-15-37/h1,3-4,7-13,16-18H,2,5-6,14-15,19H2,(H2,32,33,34,35,36)/b31-18-. The zero-order valence-electron chi connectivity index (χ0n) is 20.6. The first kappa shape index (κ1) is 25.8. The number of nitrogens with one attached hydrogen (secondary N) is 2. The first-order chi connectivity index (χ1) is 18.6. The first-order valence-electron chi connectivity index (χ1n) is 12.4. The maximum Gasteiger partial charge on any atom is 0.250 e. The summed E-state index contributed by atoms with van der Waals surface area (Å²) in [6.45, 7) is 2.17. The predicted molar refractivity (Wildman–Crippen MR) is 154 cm³/mol. The summed E-state index contributed by atoms with van der Waals surface area (Å²) >= 11 is 12.2. The Bertz CT molecular complexity index is 1400. The molecule has 0 amide bonds. The number of hydrogen-bond acceptors (Lipinski definition) is 8. The highest BCUT2D eigenvalue weighted by atomic mass is 35.5. The lowest BCUT2D eigenvalue weighted by atomic mass is 10.1. The van der Waals surface area contributed by atoms with E-state index in [-0.39, 0.29) is 0 Å². The Kier molecular flexibility index (Phi) is 8.53. The Morgan fingerprint density at radius 2 is 1.68 bits per heavy atom. The van der Waals surface area contributed by atoms with Gasteiger partial charge in [0.05, 0.1) is 6.21 Å². The van der Waals surface area contributed by atoms with Gasteiger partial charge in [0.2, 0.25) is 17.8 Å². The van der Waals surface area contributed by atoms with Crippen molar-refractivity contribution < 1.29 is 4.74 Å². The third-order valence-electron chi connectivity index (χ3n) is 5.94. The lowest BCUT2D eigenvalue weighted by Gasteiger charge is -2.26. The van der Waals surface area contributed by atoms with Crippen LogP contribution in [0.1, 0.15) is 30.4 Å². The van der Waals surface area contributed by atoms with E-state index in [2.05, 4.69) is 35.7 Å². The minimum Gasteiger partial charge on any atom is -0.489 e. The molecule has 194 valence electrons. The van der Waals surface area contributed by atoms with Gasteiger partial charge in [-0.25, -0.2) is 5.43 Å². The predicted octanol–water partition coefficient (Wildman–Crippen LogP) is 6.94. The molecule has 1 aliphatic rings. The molecule has 38 heavy (non-hydrogen) atoms. The molecule has 0 radical (unpaired) electrons. The summed E-state index contributed by atoms with van der Waals surface area (Å²) in [4.78, 5) is 16.0. The van der Waals surface area contributed by atoms with Gasteiger partial charge in [-0.3, -0.25) is 0 Å². The third kappa shape index (κ3) is 7.12. The molecule has 5 rings (SSSR count). The Labute approximate surface area is 231 Å². The van der Waals surface area contributed by atoms with E-state index in [1.165, 1.54) is 6.42 Å². The zero-order valence-corrected chi connectivity index (χ0v) is 22.2. The Balaban J connectivity index is 1.28. The van der Waals surface area contributed by atoms with E-state index in [1.54, 1.807) is 18.3 Å². The van der Waals surface area contributed by atoms with Crippen LogP contribution in [0.2, 0.25) is 10.0 Å². The molecule has 0 unspecified atom stereocenters. The van der Waals surface area contributed by atoms with E-state index in [0.29, 0.717) is 40.2 Å². The minimum absolute atomic E-state index is 0.330. The van der Waals surface area contributed by atoms with Crippen molar-refractivity contribution in [2.75, 3.05) is 28.7 Å². The molecule has 10 heteroatoms. The number of ether oxygens (including phenoxy) is 1. The van der Waals surface area contributed by atoms with Crippen molar-refractivity contribution in [2.45, 2.75) is 25.9 Å². The summed E-state index contributed by atoms with van der Waals surface area (Å²) in [6.07, 6.45) is 5.16. The quantitative estimate of drug-likeness (QED) is 0.173. The second-order valence-corrected chi connectivity index (χ2v) is 9.63. The highest BCUT2D eigenvalue weighted by molar-refractivity contribution is 6.35. The van der Waals surface area contributed by atoms with Crippen LogP contribution < -0.4 is 20.4 Å². The minimum atomic E-state index is 0.330. The van der Waals surface area contributed by atoms with Gasteiger partial charge in [-0.15, -0.1) is 0 Å². The SMILES string of the molecule is Clc1ccc(COc2cccc(/C=N\Nc3nc(Nc4ccccc4)nc(N4CCCCC4)n3)c2)c(Cl)c1. The van der Waals surface area contributed by atoms with E-state index < -0.39 is 0 Å². The molecule has 0 aliphatic carbocycles. The van der Waals surface area contributed by atoms with E-state index in [0.717, 1.165) is 42.7 Å². The van der Waals surface area contributed by atoms with Crippen LogP contribution in [0.15, 0.2) is 77.9 Å². The topological polar surface area (TPSA) is 87.6 Å². The third-order valence-corrected chi connectivity index (χ3v) is 6.53. The molecule has 8 nitrogen and oxygen atoms in total. The average molecular weight is 548 g/mol. The molecule has 1 fully saturated rings. The molecular formula is C28H27Cl2N7O. The van der Waals surface area contributed by atoms with E-state index in [1.807, 2.05) is 60.7 Å². The molecule has 1 saturated heterocycles. The number of rotatable bonds is 9. The first-order valence-corrected chi connectivity index (χ1v) is 13.2. The monoisotopic (exact) mass is 547 g/mol. The lowest BCUT2D eigenvalue weighted by molar-refractivity contribution is 0.306. The van der Waals surface area contributed by atoms with Crippen LogP contribution in [-0.4, -0.2) is 34.3 Å². The molecule has 0 spiro atoms. The van der Waals surface area contributed by atoms with Gasteiger partial charge in [0.25, 0.3) is 0 Å². The van der Waals surface area contributed by atoms with Crippen LogP contribution in [0.25, 0.3) is 0 Å². The van der Waals surface area contributed by atoms with Gasteiger partial charge in [-0.05, 0) is 61.2 Å². The van der Waals surface area contributed by atoms with Gasteiger partial charge in [0.15, 0.2) is 0 Å². The van der Waals surface area contributed by atoms with Crippen molar-refractivity contribution >= 4 is 52.9 Å². The van der Waals surface area contributed by atoms with Crippen LogP contribution in [0.4, 0.5) is 23.5 Å². The number of hydrazone groups is 1. The highest BCUT2D eigenvalue weighted by Gasteiger charge is 2.16. The molecule has 0 bridgehead atoms. The van der Waals surface area contributed by atoms with Gasteiger partial charge in [0, 0.05) is 34.4 Å². The largest absolute Gasteiger partial charge is 0.489 e. The summed E-state index contributed by atoms with van der Waals surface area (Å²) in [5.41, 5.74) is 5.57. The summed E-state index contributed by atoms with van der Waals surface area (Å²) < 4.78 is 5.92. The molecule has 4 aromatic rings. The van der Waals surface area contributed by atoms with Gasteiger partial charge in [0.1, 0.15) is 12.4 Å². The van der Waals surface area contributed by atoms with Gasteiger partial charge in [-0.1, -0.05) is 59.6 Å². The van der Waals surface area contributed by atoms with Crippen LogP contribution in [0.5, 0.6) is 5.75 Å². The zero-order chi connectivity index (χ0) is 26.2. The summed E-state index contributed by atoms with van der Waals surface area (Å²) in [5.74, 6) is 2.15. The number of nitrogens with zero attached hydrogens (tertiary/aromatic N) is 5. The second-order valence-electron chi connectivity index (χ2n) is 8.79. The van der Waals surface area contributed by atoms with Crippen molar-refractivity contribution in [1.29, 1.82) is 0 Å². The number of aromatic nitrogens is 3. The summed E-state index contributed by atoms with van der Waals surface area (Å²) in [7, 11) is 0. The molecule has 0 atom stereocenters. The number of benzene rings is 3. The van der Waals surface area contributed by atoms with E-state index in [4.69, 9.17) is 27.9 Å². The van der Waals surface area contributed by atoms with Gasteiger partial charge >= 0.3 is 0 Å². The van der Waals surface area contributed by atoms with Crippen molar-refractivity contribution in [2.24, 2.45) is 5.10 Å². The molecule has 0 saturated carbocycles. The lowest BCUT2D eigenvalue weighted by Crippen LogP contribution is -2.31. The van der Waals surface area contributed by atoms with Crippen molar-refractivity contribution in [1.82, 2.24) is 15.0 Å².